The summed E-state index contributed by atoms with van der Waals surface area (Å²) in [6.07, 6.45) is 2.45. The van der Waals surface area contributed by atoms with Crippen molar-refractivity contribution < 1.29 is 14.3 Å². The highest BCUT2D eigenvalue weighted by molar-refractivity contribution is 5.90. The minimum absolute atomic E-state index is 0.0591. The van der Waals surface area contributed by atoms with Crippen LogP contribution >= 0.6 is 0 Å². The van der Waals surface area contributed by atoms with Crippen LogP contribution in [0.3, 0.4) is 0 Å². The van der Waals surface area contributed by atoms with Crippen LogP contribution in [0.4, 0.5) is 0 Å². The highest BCUT2D eigenvalue weighted by atomic mass is 16.5. The van der Waals surface area contributed by atoms with Gasteiger partial charge in [0.2, 0.25) is 11.8 Å². The van der Waals surface area contributed by atoms with E-state index in [1.165, 1.54) is 0 Å². The predicted octanol–water partition coefficient (Wildman–Crippen LogP) is 2.91. The second kappa shape index (κ2) is 7.43. The number of nitrogens with zero attached hydrogens (tertiary/aromatic N) is 1. The van der Waals surface area contributed by atoms with Gasteiger partial charge in [-0.3, -0.25) is 9.59 Å². The molecule has 1 heterocycles. The van der Waals surface area contributed by atoms with Crippen molar-refractivity contribution >= 4 is 11.8 Å². The summed E-state index contributed by atoms with van der Waals surface area (Å²) in [5.74, 6) is 0.551. The maximum atomic E-state index is 12.9. The fourth-order valence-corrected chi connectivity index (χ4v) is 3.71. The van der Waals surface area contributed by atoms with E-state index in [4.69, 9.17) is 4.74 Å². The lowest BCUT2D eigenvalue weighted by Crippen LogP contribution is -2.36. The molecule has 0 spiro atoms. The monoisotopic (exact) mass is 364 g/mol. The number of hydrogen-bond acceptors (Lipinski definition) is 3. The molecule has 2 amide bonds. The Kier molecular flexibility index (Phi) is 4.84. The number of ether oxygens (including phenoxy) is 1. The number of benzene rings is 2. The fourth-order valence-electron chi connectivity index (χ4n) is 3.71. The molecule has 1 N–H and O–H groups in total. The van der Waals surface area contributed by atoms with Crippen molar-refractivity contribution in [1.82, 2.24) is 10.2 Å². The molecule has 0 bridgehead atoms. The van der Waals surface area contributed by atoms with Crippen molar-refractivity contribution in [2.24, 2.45) is 5.92 Å². The molecule has 0 unspecified atom stereocenters. The summed E-state index contributed by atoms with van der Waals surface area (Å²) in [6, 6.07) is 17.7. The largest absolute Gasteiger partial charge is 0.497 e. The highest BCUT2D eigenvalue weighted by Crippen LogP contribution is 2.33. The molecular weight excluding hydrogens is 340 g/mol. The minimum atomic E-state index is -0.275. The van der Waals surface area contributed by atoms with Crippen LogP contribution < -0.4 is 10.1 Å². The summed E-state index contributed by atoms with van der Waals surface area (Å²) < 4.78 is 5.24. The van der Waals surface area contributed by atoms with Gasteiger partial charge in [-0.1, -0.05) is 42.5 Å². The first-order chi connectivity index (χ1) is 13.2. The van der Waals surface area contributed by atoms with Crippen molar-refractivity contribution in [2.45, 2.75) is 31.3 Å². The normalized spacial score (nSPS) is 20.4. The number of rotatable bonds is 6. The molecule has 1 saturated carbocycles. The number of amides is 2. The molecule has 140 valence electrons. The van der Waals surface area contributed by atoms with Gasteiger partial charge in [0.1, 0.15) is 5.75 Å². The highest BCUT2D eigenvalue weighted by Gasteiger charge is 2.42. The fraction of sp³-hybridized carbons (Fsp3) is 0.364. The van der Waals surface area contributed by atoms with Gasteiger partial charge in [-0.05, 0) is 36.1 Å². The van der Waals surface area contributed by atoms with Crippen LogP contribution in [0, 0.1) is 5.92 Å². The summed E-state index contributed by atoms with van der Waals surface area (Å²) >= 11 is 0. The Morgan fingerprint density at radius 2 is 1.74 bits per heavy atom. The Morgan fingerprint density at radius 3 is 2.37 bits per heavy atom. The molecule has 1 aliphatic heterocycles. The molecule has 2 aromatic carbocycles. The molecule has 2 aliphatic rings. The molecule has 2 atom stereocenters. The van der Waals surface area contributed by atoms with Crippen molar-refractivity contribution in [3.05, 3.63) is 65.7 Å². The molecule has 1 saturated heterocycles. The van der Waals surface area contributed by atoms with E-state index in [1.807, 2.05) is 59.5 Å². The first-order valence-corrected chi connectivity index (χ1v) is 9.44. The van der Waals surface area contributed by atoms with Gasteiger partial charge in [-0.15, -0.1) is 0 Å². The lowest BCUT2D eigenvalue weighted by Gasteiger charge is -2.22. The quantitative estimate of drug-likeness (QED) is 0.857. The SMILES string of the molecule is COc1ccc([C@@H](NC(=O)[C@@H]2CC(=O)N(C3CC3)C2)c2ccccc2)cc1. The van der Waals surface area contributed by atoms with E-state index >= 15 is 0 Å². The van der Waals surface area contributed by atoms with Crippen LogP contribution in [0.2, 0.25) is 0 Å². The number of nitrogens with one attached hydrogen (secondary N) is 1. The summed E-state index contributed by atoms with van der Waals surface area (Å²) in [6.45, 7) is 0.541. The van der Waals surface area contributed by atoms with E-state index in [9.17, 15) is 9.59 Å². The molecule has 5 heteroatoms. The molecule has 2 aromatic rings. The lowest BCUT2D eigenvalue weighted by molar-refractivity contribution is -0.129. The van der Waals surface area contributed by atoms with Crippen LogP contribution in [0.5, 0.6) is 5.75 Å². The smallest absolute Gasteiger partial charge is 0.226 e. The number of carbonyl (C=O) groups excluding carboxylic acids is 2. The van der Waals surface area contributed by atoms with Crippen LogP contribution in [-0.4, -0.2) is 36.4 Å². The standard InChI is InChI=1S/C22H24N2O3/c1-27-19-11-7-16(8-12-19)21(15-5-3-2-4-6-15)23-22(26)17-13-20(25)24(14-17)18-9-10-18/h2-8,11-12,17-18,21H,9-10,13-14H2,1H3,(H,23,26)/t17-,21+/m1/s1. The second-order valence-electron chi connectivity index (χ2n) is 7.30. The zero-order chi connectivity index (χ0) is 18.8. The molecule has 0 aromatic heterocycles. The zero-order valence-electron chi connectivity index (χ0n) is 15.4. The molecule has 0 radical (unpaired) electrons. The number of methoxy groups -OCH3 is 1. The summed E-state index contributed by atoms with van der Waals surface area (Å²) in [5.41, 5.74) is 2.00. The van der Waals surface area contributed by atoms with E-state index in [0.29, 0.717) is 19.0 Å². The van der Waals surface area contributed by atoms with E-state index < -0.39 is 0 Å². The Hall–Kier alpha value is -2.82. The van der Waals surface area contributed by atoms with Gasteiger partial charge in [0.05, 0.1) is 19.1 Å². The number of hydrogen-bond donors (Lipinski definition) is 1. The van der Waals surface area contributed by atoms with Crippen LogP contribution in [0.25, 0.3) is 0 Å². The third-order valence-corrected chi connectivity index (χ3v) is 5.39. The average Bonchev–Trinajstić information content (AvgIpc) is 3.48. The zero-order valence-corrected chi connectivity index (χ0v) is 15.4. The molecular formula is C22H24N2O3. The Labute approximate surface area is 159 Å². The van der Waals surface area contributed by atoms with Gasteiger partial charge < -0.3 is 15.0 Å². The van der Waals surface area contributed by atoms with Crippen molar-refractivity contribution in [3.63, 3.8) is 0 Å². The second-order valence-corrected chi connectivity index (χ2v) is 7.30. The molecule has 4 rings (SSSR count). The van der Waals surface area contributed by atoms with Crippen molar-refractivity contribution in [2.75, 3.05) is 13.7 Å². The average molecular weight is 364 g/mol. The predicted molar refractivity (Wildman–Crippen MR) is 102 cm³/mol. The van der Waals surface area contributed by atoms with Gasteiger partial charge in [-0.25, -0.2) is 0 Å². The summed E-state index contributed by atoms with van der Waals surface area (Å²) in [4.78, 5) is 27.0. The molecule has 27 heavy (non-hydrogen) atoms. The lowest BCUT2D eigenvalue weighted by atomic mass is 9.97. The first kappa shape index (κ1) is 17.6. The topological polar surface area (TPSA) is 58.6 Å². The van der Waals surface area contributed by atoms with E-state index in [0.717, 1.165) is 29.7 Å². The van der Waals surface area contributed by atoms with E-state index in [-0.39, 0.29) is 23.8 Å². The van der Waals surface area contributed by atoms with Gasteiger partial charge in [-0.2, -0.15) is 0 Å². The number of likely N-dealkylation sites (tertiary alicyclic amines) is 1. The van der Waals surface area contributed by atoms with Crippen LogP contribution in [-0.2, 0) is 9.59 Å². The molecule has 1 aliphatic carbocycles. The van der Waals surface area contributed by atoms with E-state index in [2.05, 4.69) is 5.32 Å². The third-order valence-electron chi connectivity index (χ3n) is 5.39. The summed E-state index contributed by atoms with van der Waals surface area (Å²) in [5, 5.41) is 3.17. The van der Waals surface area contributed by atoms with Crippen LogP contribution in [0.1, 0.15) is 36.4 Å². The van der Waals surface area contributed by atoms with Gasteiger partial charge in [0.15, 0.2) is 0 Å². The first-order valence-electron chi connectivity index (χ1n) is 9.44. The van der Waals surface area contributed by atoms with E-state index in [1.54, 1.807) is 7.11 Å². The van der Waals surface area contributed by atoms with Crippen molar-refractivity contribution in [1.29, 1.82) is 0 Å². The minimum Gasteiger partial charge on any atom is -0.497 e. The Morgan fingerprint density at radius 1 is 1.07 bits per heavy atom. The number of carbonyl (C=O) groups is 2. The third kappa shape index (κ3) is 3.82. The molecule has 2 fully saturated rings. The van der Waals surface area contributed by atoms with Gasteiger partial charge >= 0.3 is 0 Å². The van der Waals surface area contributed by atoms with Crippen LogP contribution in [0.15, 0.2) is 54.6 Å². The summed E-state index contributed by atoms with van der Waals surface area (Å²) in [7, 11) is 1.63. The van der Waals surface area contributed by atoms with Gasteiger partial charge in [0.25, 0.3) is 0 Å². The molecule has 5 nitrogen and oxygen atoms in total. The maximum Gasteiger partial charge on any atom is 0.226 e. The Balaban J connectivity index is 1.53. The van der Waals surface area contributed by atoms with Gasteiger partial charge in [0, 0.05) is 19.0 Å². The van der Waals surface area contributed by atoms with Crippen molar-refractivity contribution in [3.8, 4) is 5.75 Å². The Bertz CT molecular complexity index is 815. The maximum absolute atomic E-state index is 12.9.